The quantitative estimate of drug-likeness (QED) is 0.280. The molecule has 0 saturated heterocycles. The van der Waals surface area contributed by atoms with E-state index in [1.807, 2.05) is 42.5 Å². The van der Waals surface area contributed by atoms with E-state index in [-0.39, 0.29) is 5.91 Å². The fourth-order valence-corrected chi connectivity index (χ4v) is 5.16. The second-order valence-electron chi connectivity index (χ2n) is 8.51. The van der Waals surface area contributed by atoms with Crippen LogP contribution in [0.1, 0.15) is 22.3 Å². The molecular weight excluding hydrogens is 438 g/mol. The van der Waals surface area contributed by atoms with Crippen LogP contribution < -0.4 is 4.90 Å². The van der Waals surface area contributed by atoms with Crippen LogP contribution in [-0.2, 0) is 17.8 Å². The van der Waals surface area contributed by atoms with Crippen molar-refractivity contribution in [2.24, 2.45) is 0 Å². The summed E-state index contributed by atoms with van der Waals surface area (Å²) in [5.41, 5.74) is 7.56. The second-order valence-corrected chi connectivity index (χ2v) is 9.48. The number of pyridine rings is 1. The second kappa shape index (κ2) is 9.57. The Hall–Kier alpha value is -3.83. The predicted octanol–water partition coefficient (Wildman–Crippen LogP) is 6.75. The summed E-state index contributed by atoms with van der Waals surface area (Å²) in [5, 5.41) is 0.721. The maximum atomic E-state index is 13.6. The number of fused-ring (bicyclic) bond motifs is 1. The first-order chi connectivity index (χ1) is 16.6. The maximum absolute atomic E-state index is 13.6. The van der Waals surface area contributed by atoms with Gasteiger partial charge in [-0.25, -0.2) is 4.98 Å². The number of hydrogen-bond acceptors (Lipinski definition) is 4. The van der Waals surface area contributed by atoms with Crippen LogP contribution in [0, 0.1) is 13.8 Å². The lowest BCUT2D eigenvalue weighted by molar-refractivity contribution is -0.118. The molecule has 0 spiro atoms. The number of thiazole rings is 1. The summed E-state index contributed by atoms with van der Waals surface area (Å²) < 4.78 is 1.12. The molecule has 0 aliphatic rings. The van der Waals surface area contributed by atoms with Crippen molar-refractivity contribution in [3.05, 3.63) is 114 Å². The molecule has 0 atom stereocenters. The van der Waals surface area contributed by atoms with Gasteiger partial charge in [-0.15, -0.1) is 0 Å². The van der Waals surface area contributed by atoms with E-state index in [0.29, 0.717) is 13.0 Å². The zero-order valence-electron chi connectivity index (χ0n) is 19.2. The van der Waals surface area contributed by atoms with Crippen molar-refractivity contribution >= 4 is 32.6 Å². The lowest BCUT2D eigenvalue weighted by atomic mass is 10.0. The lowest BCUT2D eigenvalue weighted by Crippen LogP contribution is -2.31. The fraction of sp³-hybridized carbons (Fsp3) is 0.138. The molecule has 0 unspecified atom stereocenters. The molecule has 0 fully saturated rings. The summed E-state index contributed by atoms with van der Waals surface area (Å²) >= 11 is 1.57. The Bertz CT molecular complexity index is 1430. The van der Waals surface area contributed by atoms with E-state index < -0.39 is 0 Å². The number of aromatic nitrogens is 2. The first-order valence-electron chi connectivity index (χ1n) is 11.3. The Morgan fingerprint density at radius 2 is 1.65 bits per heavy atom. The molecule has 5 heteroatoms. The van der Waals surface area contributed by atoms with Crippen LogP contribution >= 0.6 is 11.3 Å². The molecule has 0 saturated carbocycles. The minimum atomic E-state index is 0.0183. The Balaban J connectivity index is 1.44. The highest BCUT2D eigenvalue weighted by Gasteiger charge is 2.21. The molecule has 168 valence electrons. The minimum absolute atomic E-state index is 0.0183. The first kappa shape index (κ1) is 22.0. The summed E-state index contributed by atoms with van der Waals surface area (Å²) in [6.07, 6.45) is 3.86. The molecule has 5 aromatic rings. The zero-order valence-corrected chi connectivity index (χ0v) is 20.0. The van der Waals surface area contributed by atoms with Gasteiger partial charge in [0.1, 0.15) is 0 Å². The summed E-state index contributed by atoms with van der Waals surface area (Å²) in [6.45, 7) is 4.61. The van der Waals surface area contributed by atoms with Crippen LogP contribution in [0.25, 0.3) is 21.3 Å². The molecule has 0 bridgehead atoms. The average molecular weight is 464 g/mol. The normalized spacial score (nSPS) is 11.0. The van der Waals surface area contributed by atoms with Gasteiger partial charge in [0.15, 0.2) is 5.13 Å². The van der Waals surface area contributed by atoms with Crippen molar-refractivity contribution in [1.82, 2.24) is 9.97 Å². The Morgan fingerprint density at radius 3 is 2.38 bits per heavy atom. The lowest BCUT2D eigenvalue weighted by Gasteiger charge is -2.20. The highest BCUT2D eigenvalue weighted by atomic mass is 32.1. The molecule has 2 aromatic heterocycles. The van der Waals surface area contributed by atoms with E-state index >= 15 is 0 Å². The van der Waals surface area contributed by atoms with Gasteiger partial charge in [-0.3, -0.25) is 14.7 Å². The highest BCUT2D eigenvalue weighted by molar-refractivity contribution is 7.22. The molecule has 0 aliphatic carbocycles. The van der Waals surface area contributed by atoms with E-state index in [1.54, 1.807) is 28.6 Å². The number of amides is 1. The van der Waals surface area contributed by atoms with Crippen LogP contribution in [-0.4, -0.2) is 15.9 Å². The van der Waals surface area contributed by atoms with Gasteiger partial charge in [-0.1, -0.05) is 78.1 Å². The Labute approximate surface area is 203 Å². The third-order valence-corrected chi connectivity index (χ3v) is 7.05. The van der Waals surface area contributed by atoms with Crippen LogP contribution in [0.2, 0.25) is 0 Å². The van der Waals surface area contributed by atoms with Crippen molar-refractivity contribution in [2.45, 2.75) is 26.8 Å². The third kappa shape index (κ3) is 4.75. The van der Waals surface area contributed by atoms with E-state index in [4.69, 9.17) is 4.98 Å². The summed E-state index contributed by atoms with van der Waals surface area (Å²) in [4.78, 5) is 24.4. The van der Waals surface area contributed by atoms with Gasteiger partial charge in [-0.05, 0) is 59.4 Å². The zero-order chi connectivity index (χ0) is 23.5. The SMILES string of the molecule is Cc1cc(C)c2sc(N(Cc3cccnc3)C(=O)Cc3ccc(-c4ccccc4)cc3)nc2c1. The molecule has 1 amide bonds. The molecule has 3 aromatic carbocycles. The topological polar surface area (TPSA) is 46.1 Å². The minimum Gasteiger partial charge on any atom is -0.283 e. The van der Waals surface area contributed by atoms with Crippen molar-refractivity contribution in [3.8, 4) is 11.1 Å². The molecule has 0 radical (unpaired) electrons. The third-order valence-electron chi connectivity index (χ3n) is 5.82. The average Bonchev–Trinajstić information content (AvgIpc) is 3.28. The maximum Gasteiger partial charge on any atom is 0.233 e. The number of nitrogens with zero attached hydrogens (tertiary/aromatic N) is 3. The number of benzene rings is 3. The van der Waals surface area contributed by atoms with Crippen LogP contribution in [0.3, 0.4) is 0 Å². The fourth-order valence-electron chi connectivity index (χ4n) is 4.13. The van der Waals surface area contributed by atoms with Crippen molar-refractivity contribution in [1.29, 1.82) is 0 Å². The number of aryl methyl sites for hydroxylation is 2. The number of carbonyl (C=O) groups excluding carboxylic acids is 1. The highest BCUT2D eigenvalue weighted by Crippen LogP contribution is 2.33. The van der Waals surface area contributed by atoms with Gasteiger partial charge in [0.2, 0.25) is 5.91 Å². The monoisotopic (exact) mass is 463 g/mol. The van der Waals surface area contributed by atoms with Gasteiger partial charge < -0.3 is 0 Å². The van der Waals surface area contributed by atoms with Crippen molar-refractivity contribution < 1.29 is 4.79 Å². The van der Waals surface area contributed by atoms with Crippen LogP contribution in [0.15, 0.2) is 91.3 Å². The van der Waals surface area contributed by atoms with E-state index in [9.17, 15) is 4.79 Å². The molecule has 4 nitrogen and oxygen atoms in total. The molecule has 0 aliphatic heterocycles. The summed E-state index contributed by atoms with van der Waals surface area (Å²) in [7, 11) is 0. The van der Waals surface area contributed by atoms with Crippen molar-refractivity contribution in [2.75, 3.05) is 4.90 Å². The van der Waals surface area contributed by atoms with Crippen molar-refractivity contribution in [3.63, 3.8) is 0 Å². The predicted molar refractivity (Wildman–Crippen MR) is 140 cm³/mol. The smallest absolute Gasteiger partial charge is 0.233 e. The summed E-state index contributed by atoms with van der Waals surface area (Å²) in [6, 6.07) is 26.6. The molecule has 34 heavy (non-hydrogen) atoms. The van der Waals surface area contributed by atoms with E-state index in [1.165, 1.54) is 16.7 Å². The Kier molecular flexibility index (Phi) is 6.19. The van der Waals surface area contributed by atoms with Gasteiger partial charge in [-0.2, -0.15) is 0 Å². The molecular formula is C29H25N3OS. The first-order valence-corrected chi connectivity index (χ1v) is 12.1. The molecule has 5 rings (SSSR count). The van der Waals surface area contributed by atoms with Gasteiger partial charge >= 0.3 is 0 Å². The van der Waals surface area contributed by atoms with Gasteiger partial charge in [0.25, 0.3) is 0 Å². The summed E-state index contributed by atoms with van der Waals surface area (Å²) in [5.74, 6) is 0.0183. The molecule has 2 heterocycles. The number of hydrogen-bond donors (Lipinski definition) is 0. The van der Waals surface area contributed by atoms with E-state index in [2.05, 4.69) is 55.2 Å². The number of anilines is 1. The van der Waals surface area contributed by atoms with Crippen LogP contribution in [0.5, 0.6) is 0 Å². The van der Waals surface area contributed by atoms with Gasteiger partial charge in [0, 0.05) is 12.4 Å². The van der Waals surface area contributed by atoms with E-state index in [0.717, 1.165) is 32.0 Å². The molecule has 0 N–H and O–H groups in total. The number of carbonyl (C=O) groups is 1. The largest absolute Gasteiger partial charge is 0.283 e. The number of rotatable bonds is 6. The standard InChI is InChI=1S/C29H25N3OS/c1-20-15-21(2)28-26(16-20)31-29(34-28)32(19-23-7-6-14-30-18-23)27(33)17-22-10-12-25(13-11-22)24-8-4-3-5-9-24/h3-16,18H,17,19H2,1-2H3. The van der Waals surface area contributed by atoms with Gasteiger partial charge in [0.05, 0.1) is 23.2 Å². The Morgan fingerprint density at radius 1 is 0.882 bits per heavy atom. The van der Waals surface area contributed by atoms with Crippen LogP contribution in [0.4, 0.5) is 5.13 Å².